The highest BCUT2D eigenvalue weighted by molar-refractivity contribution is 5.79. The van der Waals surface area contributed by atoms with Crippen LogP contribution in [0.4, 0.5) is 4.79 Å². The number of carbonyl (C=O) groups excluding carboxylic acids is 2. The average molecular weight is 453 g/mol. The van der Waals surface area contributed by atoms with Crippen LogP contribution in [0, 0.1) is 11.8 Å². The monoisotopic (exact) mass is 452 g/mol. The summed E-state index contributed by atoms with van der Waals surface area (Å²) >= 11 is 0. The van der Waals surface area contributed by atoms with Crippen LogP contribution >= 0.6 is 0 Å². The van der Waals surface area contributed by atoms with Crippen LogP contribution in [0.1, 0.15) is 50.2 Å². The first-order valence-corrected chi connectivity index (χ1v) is 11.5. The molecule has 0 spiro atoms. The lowest BCUT2D eigenvalue weighted by Crippen LogP contribution is -2.32. The first-order valence-electron chi connectivity index (χ1n) is 11.5. The maximum Gasteiger partial charge on any atom is 0.407 e. The molecule has 2 aromatic carbocycles. The predicted molar refractivity (Wildman–Crippen MR) is 126 cm³/mol. The summed E-state index contributed by atoms with van der Waals surface area (Å²) in [5.74, 6) is -1.64. The first kappa shape index (κ1) is 24.3. The van der Waals surface area contributed by atoms with E-state index >= 15 is 0 Å². The molecular weight excluding hydrogens is 420 g/mol. The van der Waals surface area contributed by atoms with Gasteiger partial charge in [0.2, 0.25) is 5.91 Å². The predicted octanol–water partition coefficient (Wildman–Crippen LogP) is 4.17. The number of aliphatic carboxylic acids is 1. The van der Waals surface area contributed by atoms with Crippen molar-refractivity contribution in [2.75, 3.05) is 19.7 Å². The van der Waals surface area contributed by atoms with Crippen LogP contribution in [0.3, 0.4) is 0 Å². The minimum atomic E-state index is -0.864. The Labute approximate surface area is 194 Å². The van der Waals surface area contributed by atoms with Crippen LogP contribution < -0.4 is 10.6 Å². The van der Waals surface area contributed by atoms with E-state index in [4.69, 9.17) is 9.84 Å². The third-order valence-corrected chi connectivity index (χ3v) is 6.17. The summed E-state index contributed by atoms with van der Waals surface area (Å²) < 4.78 is 5.51. The van der Waals surface area contributed by atoms with Gasteiger partial charge in [-0.15, -0.1) is 0 Å². The van der Waals surface area contributed by atoms with E-state index in [9.17, 15) is 14.4 Å². The van der Waals surface area contributed by atoms with Crippen LogP contribution in [0.15, 0.2) is 48.5 Å². The number of carboxylic acids is 1. The number of ether oxygens (including phenoxy) is 1. The minimum absolute atomic E-state index is 0.0238. The summed E-state index contributed by atoms with van der Waals surface area (Å²) in [5.41, 5.74) is 4.71. The Kier molecular flexibility index (Phi) is 8.46. The molecule has 2 unspecified atom stereocenters. The lowest BCUT2D eigenvalue weighted by molar-refractivity contribution is -0.141. The lowest BCUT2D eigenvalue weighted by atomic mass is 9.98. The maximum absolute atomic E-state index is 12.2. The van der Waals surface area contributed by atoms with Gasteiger partial charge in [-0.05, 0) is 41.5 Å². The van der Waals surface area contributed by atoms with E-state index in [0.29, 0.717) is 32.4 Å². The van der Waals surface area contributed by atoms with Gasteiger partial charge in [0.05, 0.1) is 5.92 Å². The molecule has 7 nitrogen and oxygen atoms in total. The van der Waals surface area contributed by atoms with Gasteiger partial charge in [0.25, 0.3) is 0 Å². The standard InChI is InChI=1S/C26H32N2O5/c1-17(24(29)27-15-13-18(2)25(30)31)8-7-14-28-26(32)33-16-23-21-11-5-3-9-19(21)20-10-4-6-12-22(20)23/h3-6,9-12,17-18,23H,7-8,13-16H2,1-2H3,(H,27,29)(H,28,32)(H,30,31). The van der Waals surface area contributed by atoms with Gasteiger partial charge in [-0.3, -0.25) is 9.59 Å². The molecule has 2 amide bonds. The summed E-state index contributed by atoms with van der Waals surface area (Å²) in [5, 5.41) is 14.4. The third-order valence-electron chi connectivity index (χ3n) is 6.17. The second-order valence-corrected chi connectivity index (χ2v) is 8.61. The zero-order valence-electron chi connectivity index (χ0n) is 19.2. The van der Waals surface area contributed by atoms with Crippen LogP contribution in [0.25, 0.3) is 11.1 Å². The fourth-order valence-corrected chi connectivity index (χ4v) is 4.09. The van der Waals surface area contributed by atoms with Crippen LogP contribution in [0.2, 0.25) is 0 Å². The van der Waals surface area contributed by atoms with E-state index in [0.717, 1.165) is 0 Å². The van der Waals surface area contributed by atoms with Gasteiger partial charge in [-0.1, -0.05) is 62.4 Å². The quantitative estimate of drug-likeness (QED) is 0.444. The lowest BCUT2D eigenvalue weighted by Gasteiger charge is -2.15. The molecule has 0 bridgehead atoms. The number of benzene rings is 2. The van der Waals surface area contributed by atoms with E-state index in [1.54, 1.807) is 6.92 Å². The topological polar surface area (TPSA) is 105 Å². The number of carboxylic acid groups (broad SMARTS) is 1. The molecule has 0 aliphatic heterocycles. The zero-order chi connectivity index (χ0) is 23.8. The number of hydrogen-bond acceptors (Lipinski definition) is 4. The van der Waals surface area contributed by atoms with Crippen molar-refractivity contribution in [1.82, 2.24) is 10.6 Å². The molecule has 0 saturated carbocycles. The molecule has 0 radical (unpaired) electrons. The molecule has 0 fully saturated rings. The van der Waals surface area contributed by atoms with Crippen LogP contribution in [0.5, 0.6) is 0 Å². The number of hydrogen-bond donors (Lipinski definition) is 3. The van der Waals surface area contributed by atoms with Crippen molar-refractivity contribution in [2.24, 2.45) is 11.8 Å². The normalized spacial score (nSPS) is 14.0. The Bertz CT molecular complexity index is 945. The van der Waals surface area contributed by atoms with Crippen molar-refractivity contribution in [2.45, 2.75) is 39.0 Å². The average Bonchev–Trinajstić information content (AvgIpc) is 3.13. The smallest absolute Gasteiger partial charge is 0.407 e. The number of nitrogens with one attached hydrogen (secondary N) is 2. The number of alkyl carbamates (subject to hydrolysis) is 1. The second kappa shape index (κ2) is 11.5. The summed E-state index contributed by atoms with van der Waals surface area (Å²) in [7, 11) is 0. The fraction of sp³-hybridized carbons (Fsp3) is 0.423. The summed E-state index contributed by atoms with van der Waals surface area (Å²) in [6, 6.07) is 16.4. The van der Waals surface area contributed by atoms with Gasteiger partial charge in [0.15, 0.2) is 0 Å². The number of fused-ring (bicyclic) bond motifs is 3. The second-order valence-electron chi connectivity index (χ2n) is 8.61. The molecule has 2 aromatic rings. The van der Waals surface area contributed by atoms with Crippen molar-refractivity contribution in [1.29, 1.82) is 0 Å². The Hall–Kier alpha value is -3.35. The molecule has 176 valence electrons. The molecule has 2 atom stereocenters. The van der Waals surface area contributed by atoms with Crippen molar-refractivity contribution < 1.29 is 24.2 Å². The third kappa shape index (κ3) is 6.34. The highest BCUT2D eigenvalue weighted by Gasteiger charge is 2.28. The molecule has 0 aromatic heterocycles. The van der Waals surface area contributed by atoms with Crippen LogP contribution in [-0.4, -0.2) is 42.8 Å². The minimum Gasteiger partial charge on any atom is -0.481 e. The molecule has 3 N–H and O–H groups in total. The molecule has 1 aliphatic rings. The van der Waals surface area contributed by atoms with E-state index in [1.165, 1.54) is 22.3 Å². The number of amides is 2. The molecule has 0 heterocycles. The Morgan fingerprint density at radius 2 is 1.48 bits per heavy atom. The SMILES string of the molecule is CC(CCNC(=O)C(C)CCCNC(=O)OCC1c2ccccc2-c2ccccc21)C(=O)O. The Morgan fingerprint density at radius 3 is 2.09 bits per heavy atom. The van der Waals surface area contributed by atoms with Gasteiger partial charge in [-0.25, -0.2) is 4.79 Å². The molecule has 7 heteroatoms. The number of rotatable bonds is 11. The molecule has 0 saturated heterocycles. The Morgan fingerprint density at radius 1 is 0.879 bits per heavy atom. The molecule has 33 heavy (non-hydrogen) atoms. The van der Waals surface area contributed by atoms with Crippen molar-refractivity contribution in [3.63, 3.8) is 0 Å². The van der Waals surface area contributed by atoms with Crippen molar-refractivity contribution >= 4 is 18.0 Å². The Balaban J connectivity index is 1.36. The zero-order valence-corrected chi connectivity index (χ0v) is 19.2. The molecular formula is C26H32N2O5. The molecule has 3 rings (SSSR count). The van der Waals surface area contributed by atoms with Crippen LogP contribution in [-0.2, 0) is 14.3 Å². The van der Waals surface area contributed by atoms with Gasteiger partial charge in [0, 0.05) is 24.9 Å². The highest BCUT2D eigenvalue weighted by Crippen LogP contribution is 2.44. The van der Waals surface area contributed by atoms with Gasteiger partial charge < -0.3 is 20.5 Å². The maximum atomic E-state index is 12.2. The van der Waals surface area contributed by atoms with E-state index in [1.807, 2.05) is 31.2 Å². The first-order chi connectivity index (χ1) is 15.9. The fourth-order valence-electron chi connectivity index (χ4n) is 4.09. The van der Waals surface area contributed by atoms with Gasteiger partial charge >= 0.3 is 12.1 Å². The van der Waals surface area contributed by atoms with Gasteiger partial charge in [0.1, 0.15) is 6.61 Å². The largest absolute Gasteiger partial charge is 0.481 e. The van der Waals surface area contributed by atoms with E-state index in [2.05, 4.69) is 34.9 Å². The molecule has 1 aliphatic carbocycles. The van der Waals surface area contributed by atoms with E-state index in [-0.39, 0.29) is 24.3 Å². The van der Waals surface area contributed by atoms with Crippen molar-refractivity contribution in [3.8, 4) is 11.1 Å². The van der Waals surface area contributed by atoms with Crippen molar-refractivity contribution in [3.05, 3.63) is 59.7 Å². The summed E-state index contributed by atoms with van der Waals surface area (Å²) in [4.78, 5) is 35.1. The highest BCUT2D eigenvalue weighted by atomic mass is 16.5. The van der Waals surface area contributed by atoms with Gasteiger partial charge in [-0.2, -0.15) is 0 Å². The summed E-state index contributed by atoms with van der Waals surface area (Å²) in [6.07, 6.45) is 1.20. The summed E-state index contributed by atoms with van der Waals surface area (Å²) in [6.45, 7) is 4.47. The number of carbonyl (C=O) groups is 3. The van der Waals surface area contributed by atoms with E-state index < -0.39 is 18.0 Å².